The first-order valence-electron chi connectivity index (χ1n) is 10.3. The van der Waals surface area contributed by atoms with Crippen molar-refractivity contribution >= 4 is 28.9 Å². The maximum absolute atomic E-state index is 13.0. The maximum atomic E-state index is 13.0. The summed E-state index contributed by atoms with van der Waals surface area (Å²) >= 11 is 1.09. The van der Waals surface area contributed by atoms with Crippen molar-refractivity contribution in [2.75, 3.05) is 6.54 Å². The molecule has 168 valence electrons. The van der Waals surface area contributed by atoms with Crippen LogP contribution in [0.2, 0.25) is 0 Å². The van der Waals surface area contributed by atoms with Gasteiger partial charge in [-0.05, 0) is 69.5 Å². The van der Waals surface area contributed by atoms with Gasteiger partial charge in [0.25, 0.3) is 17.4 Å². The van der Waals surface area contributed by atoms with Gasteiger partial charge in [0.15, 0.2) is 0 Å². The van der Waals surface area contributed by atoms with E-state index in [4.69, 9.17) is 0 Å². The Labute approximate surface area is 190 Å². The van der Waals surface area contributed by atoms with Gasteiger partial charge in [0, 0.05) is 12.2 Å². The van der Waals surface area contributed by atoms with Crippen LogP contribution < -0.4 is 16.3 Å². The number of rotatable bonds is 7. The molecule has 0 bridgehead atoms. The van der Waals surface area contributed by atoms with Gasteiger partial charge in [-0.25, -0.2) is 10.1 Å². The first kappa shape index (κ1) is 23.2. The lowest BCUT2D eigenvalue weighted by molar-refractivity contribution is 0.0951. The Kier molecular flexibility index (Phi) is 7.09. The molecule has 0 aliphatic carbocycles. The van der Waals surface area contributed by atoms with Crippen LogP contribution in [0.25, 0.3) is 5.69 Å². The quantitative estimate of drug-likeness (QED) is 0.377. The van der Waals surface area contributed by atoms with Gasteiger partial charge in [0.05, 0.1) is 26.7 Å². The SMILES string of the molecule is CCCNC(=O)c1ccc(C(=O)NN=C(C)c2c(C)[nH]n(-c3ccc(C)c(C)c3)c2=O)s1. The highest BCUT2D eigenvalue weighted by Gasteiger charge is 2.17. The number of carbonyl (C=O) groups is 2. The Hall–Kier alpha value is -3.46. The van der Waals surface area contributed by atoms with E-state index < -0.39 is 5.91 Å². The molecule has 0 radical (unpaired) electrons. The number of aromatic amines is 1. The summed E-state index contributed by atoms with van der Waals surface area (Å²) in [5, 5.41) is 9.98. The minimum Gasteiger partial charge on any atom is -0.351 e. The normalized spacial score (nSPS) is 11.5. The number of H-pyrrole nitrogens is 1. The number of nitrogens with zero attached hydrogens (tertiary/aromatic N) is 2. The fourth-order valence-electron chi connectivity index (χ4n) is 3.17. The molecular formula is C23H27N5O3S. The second-order valence-electron chi connectivity index (χ2n) is 7.58. The highest BCUT2D eigenvalue weighted by atomic mass is 32.1. The molecule has 2 amide bonds. The Balaban J connectivity index is 1.78. The molecular weight excluding hydrogens is 426 g/mol. The molecule has 9 heteroatoms. The van der Waals surface area contributed by atoms with Crippen LogP contribution in [-0.4, -0.2) is 33.9 Å². The molecule has 32 heavy (non-hydrogen) atoms. The van der Waals surface area contributed by atoms with E-state index in [1.807, 2.05) is 39.0 Å². The third kappa shape index (κ3) is 4.88. The zero-order valence-corrected chi connectivity index (χ0v) is 19.6. The smallest absolute Gasteiger partial charge is 0.281 e. The van der Waals surface area contributed by atoms with Crippen molar-refractivity contribution in [2.45, 2.75) is 41.0 Å². The van der Waals surface area contributed by atoms with Crippen molar-refractivity contribution in [2.24, 2.45) is 5.10 Å². The van der Waals surface area contributed by atoms with Gasteiger partial charge in [0.1, 0.15) is 0 Å². The van der Waals surface area contributed by atoms with E-state index in [1.54, 1.807) is 26.0 Å². The number of hydrogen-bond acceptors (Lipinski definition) is 5. The van der Waals surface area contributed by atoms with Crippen LogP contribution in [0.1, 0.15) is 62.0 Å². The molecule has 3 aromatic rings. The van der Waals surface area contributed by atoms with E-state index in [2.05, 4.69) is 20.9 Å². The van der Waals surface area contributed by atoms with Crippen LogP contribution >= 0.6 is 11.3 Å². The van der Waals surface area contributed by atoms with Gasteiger partial charge in [-0.15, -0.1) is 11.3 Å². The molecule has 0 saturated heterocycles. The highest BCUT2D eigenvalue weighted by molar-refractivity contribution is 7.15. The third-order valence-electron chi connectivity index (χ3n) is 5.10. The molecule has 0 aliphatic heterocycles. The van der Waals surface area contributed by atoms with Crippen LogP contribution in [0.15, 0.2) is 40.2 Å². The van der Waals surface area contributed by atoms with Gasteiger partial charge in [-0.3, -0.25) is 19.5 Å². The van der Waals surface area contributed by atoms with E-state index >= 15 is 0 Å². The lowest BCUT2D eigenvalue weighted by Gasteiger charge is -2.05. The minimum atomic E-state index is -0.438. The summed E-state index contributed by atoms with van der Waals surface area (Å²) in [7, 11) is 0. The van der Waals surface area contributed by atoms with Crippen molar-refractivity contribution < 1.29 is 9.59 Å². The van der Waals surface area contributed by atoms with Gasteiger partial charge < -0.3 is 5.32 Å². The number of carbonyl (C=O) groups excluding carboxylic acids is 2. The number of hydrazone groups is 1. The highest BCUT2D eigenvalue weighted by Crippen LogP contribution is 2.17. The van der Waals surface area contributed by atoms with E-state index in [0.29, 0.717) is 33.3 Å². The third-order valence-corrected chi connectivity index (χ3v) is 6.18. The molecule has 2 heterocycles. The van der Waals surface area contributed by atoms with Crippen molar-refractivity contribution in [3.05, 3.63) is 72.8 Å². The fraction of sp³-hybridized carbons (Fsp3) is 0.304. The molecule has 1 aromatic carbocycles. The topological polar surface area (TPSA) is 108 Å². The maximum Gasteiger partial charge on any atom is 0.281 e. The second-order valence-corrected chi connectivity index (χ2v) is 8.66. The number of nitrogens with one attached hydrogen (secondary N) is 3. The van der Waals surface area contributed by atoms with Crippen molar-refractivity contribution in [1.29, 1.82) is 0 Å². The number of aromatic nitrogens is 2. The molecule has 3 N–H and O–H groups in total. The molecule has 0 atom stereocenters. The number of hydrogen-bond donors (Lipinski definition) is 3. The number of thiophene rings is 1. The van der Waals surface area contributed by atoms with Gasteiger partial charge in [0.2, 0.25) is 0 Å². The van der Waals surface area contributed by atoms with E-state index in [1.165, 1.54) is 4.68 Å². The molecule has 0 unspecified atom stereocenters. The lowest BCUT2D eigenvalue weighted by Crippen LogP contribution is -2.23. The van der Waals surface area contributed by atoms with Gasteiger partial charge in [-0.2, -0.15) is 5.10 Å². The van der Waals surface area contributed by atoms with E-state index in [0.717, 1.165) is 34.6 Å². The number of benzene rings is 1. The summed E-state index contributed by atoms with van der Waals surface area (Å²) in [4.78, 5) is 38.3. The summed E-state index contributed by atoms with van der Waals surface area (Å²) in [6.07, 6.45) is 0.836. The molecule has 8 nitrogen and oxygen atoms in total. The summed E-state index contributed by atoms with van der Waals surface area (Å²) in [5.74, 6) is -0.642. The second kappa shape index (κ2) is 9.78. The number of amides is 2. The van der Waals surface area contributed by atoms with E-state index in [-0.39, 0.29) is 11.5 Å². The molecule has 0 fully saturated rings. The summed E-state index contributed by atoms with van der Waals surface area (Å²) < 4.78 is 1.47. The van der Waals surface area contributed by atoms with Crippen molar-refractivity contribution in [3.63, 3.8) is 0 Å². The molecule has 0 spiro atoms. The largest absolute Gasteiger partial charge is 0.351 e. The van der Waals surface area contributed by atoms with Crippen LogP contribution in [0.4, 0.5) is 0 Å². The van der Waals surface area contributed by atoms with Crippen LogP contribution in [0, 0.1) is 20.8 Å². The Morgan fingerprint density at radius 1 is 1.06 bits per heavy atom. The van der Waals surface area contributed by atoms with Gasteiger partial charge in [-0.1, -0.05) is 13.0 Å². The monoisotopic (exact) mass is 453 g/mol. The molecule has 3 rings (SSSR count). The zero-order valence-electron chi connectivity index (χ0n) is 18.8. The Bertz CT molecular complexity index is 1250. The van der Waals surface area contributed by atoms with E-state index in [9.17, 15) is 14.4 Å². The van der Waals surface area contributed by atoms with Crippen LogP contribution in [0.3, 0.4) is 0 Å². The predicted molar refractivity (Wildman–Crippen MR) is 127 cm³/mol. The average molecular weight is 454 g/mol. The molecule has 2 aromatic heterocycles. The molecule has 0 saturated carbocycles. The predicted octanol–water partition coefficient (Wildman–Crippen LogP) is 3.45. The van der Waals surface area contributed by atoms with Crippen molar-refractivity contribution in [1.82, 2.24) is 20.5 Å². The fourth-order valence-corrected chi connectivity index (χ4v) is 3.98. The summed E-state index contributed by atoms with van der Waals surface area (Å²) in [6, 6.07) is 8.98. The van der Waals surface area contributed by atoms with Crippen molar-refractivity contribution in [3.8, 4) is 5.69 Å². The first-order chi connectivity index (χ1) is 15.2. The minimum absolute atomic E-state index is 0.203. The standard InChI is InChI=1S/C23H27N5O3S/c1-6-11-24-21(29)18-9-10-19(32-18)22(30)26-25-15(4)20-16(5)27-28(23(20)31)17-8-7-13(2)14(3)12-17/h7-10,12,27H,6,11H2,1-5H3,(H,24,29)(H,26,30). The lowest BCUT2D eigenvalue weighted by atomic mass is 10.1. The van der Waals surface area contributed by atoms with Gasteiger partial charge >= 0.3 is 0 Å². The Morgan fingerprint density at radius 2 is 1.75 bits per heavy atom. The molecule has 0 aliphatic rings. The summed E-state index contributed by atoms with van der Waals surface area (Å²) in [6.45, 7) is 10.0. The first-order valence-corrected chi connectivity index (χ1v) is 11.2. The number of aryl methyl sites for hydroxylation is 3. The zero-order chi connectivity index (χ0) is 23.4. The van der Waals surface area contributed by atoms with Crippen LogP contribution in [-0.2, 0) is 0 Å². The average Bonchev–Trinajstić information content (AvgIpc) is 3.37. The Morgan fingerprint density at radius 3 is 2.41 bits per heavy atom. The van der Waals surface area contributed by atoms with Crippen LogP contribution in [0.5, 0.6) is 0 Å². The summed E-state index contributed by atoms with van der Waals surface area (Å²) in [5.41, 5.74) is 6.63.